The van der Waals surface area contributed by atoms with Gasteiger partial charge in [-0.2, -0.15) is 0 Å². The van der Waals surface area contributed by atoms with E-state index in [1.54, 1.807) is 6.82 Å². The van der Waals surface area contributed by atoms with Gasteiger partial charge in [-0.25, -0.2) is 0 Å². The van der Waals surface area contributed by atoms with Crippen LogP contribution in [0.5, 0.6) is 0 Å². The summed E-state index contributed by atoms with van der Waals surface area (Å²) in [7, 11) is -0.456. The average Bonchev–Trinajstić information content (AvgIpc) is 2.15. The molecule has 10 heavy (non-hydrogen) atoms. The van der Waals surface area contributed by atoms with Gasteiger partial charge in [0.2, 0.25) is 0 Å². The Hall–Kier alpha value is 0.0349. The summed E-state index contributed by atoms with van der Waals surface area (Å²) in [6.45, 7) is 1.71. The second kappa shape index (κ2) is 3.43. The van der Waals surface area contributed by atoms with Crippen LogP contribution in [0.3, 0.4) is 0 Å². The molecule has 0 aromatic carbocycles. The molecule has 0 aromatic rings. The molecule has 0 fully saturated rings. The standard InChI is InChI=1S/C6H9BINO/c1-7(10)9-6-4-2-3-5(6)8/h3-4,9-10H,2H2,1H3. The van der Waals surface area contributed by atoms with Gasteiger partial charge in [-0.05, 0) is 35.8 Å². The molecule has 0 amide bonds. The van der Waals surface area contributed by atoms with Gasteiger partial charge in [0, 0.05) is 9.28 Å². The summed E-state index contributed by atoms with van der Waals surface area (Å²) in [5, 5.41) is 11.9. The molecular formula is C6H9BINO. The summed E-state index contributed by atoms with van der Waals surface area (Å²) >= 11 is 2.25. The van der Waals surface area contributed by atoms with E-state index in [0.717, 1.165) is 12.1 Å². The van der Waals surface area contributed by atoms with Gasteiger partial charge in [-0.15, -0.1) is 0 Å². The summed E-state index contributed by atoms with van der Waals surface area (Å²) in [6, 6.07) is 0. The highest BCUT2D eigenvalue weighted by molar-refractivity contribution is 14.1. The number of rotatable bonds is 2. The van der Waals surface area contributed by atoms with E-state index in [-0.39, 0.29) is 0 Å². The van der Waals surface area contributed by atoms with E-state index in [2.05, 4.69) is 40.0 Å². The number of hydrogen-bond acceptors (Lipinski definition) is 2. The van der Waals surface area contributed by atoms with Crippen molar-refractivity contribution in [2.75, 3.05) is 0 Å². The van der Waals surface area contributed by atoms with E-state index >= 15 is 0 Å². The molecule has 1 rings (SSSR count). The van der Waals surface area contributed by atoms with Crippen LogP contribution in [0, 0.1) is 0 Å². The summed E-state index contributed by atoms with van der Waals surface area (Å²) < 4.78 is 1.19. The van der Waals surface area contributed by atoms with Gasteiger partial charge in [0.25, 0.3) is 0 Å². The first-order valence-corrected chi connectivity index (χ1v) is 4.29. The molecule has 0 atom stereocenters. The molecule has 2 nitrogen and oxygen atoms in total. The van der Waals surface area contributed by atoms with Crippen molar-refractivity contribution in [3.8, 4) is 0 Å². The van der Waals surface area contributed by atoms with Crippen LogP contribution >= 0.6 is 22.6 Å². The first-order valence-electron chi connectivity index (χ1n) is 3.21. The predicted octanol–water partition coefficient (Wildman–Crippen LogP) is 1.29. The van der Waals surface area contributed by atoms with Gasteiger partial charge in [-0.1, -0.05) is 12.2 Å². The van der Waals surface area contributed by atoms with Crippen molar-refractivity contribution in [3.05, 3.63) is 21.4 Å². The maximum Gasteiger partial charge on any atom is 0.406 e. The van der Waals surface area contributed by atoms with Gasteiger partial charge in [0.1, 0.15) is 0 Å². The lowest BCUT2D eigenvalue weighted by molar-refractivity contribution is 0.566. The van der Waals surface area contributed by atoms with Crippen molar-refractivity contribution < 1.29 is 5.02 Å². The molecule has 0 unspecified atom stereocenters. The fraction of sp³-hybridized carbons (Fsp3) is 0.333. The second-order valence-corrected chi connectivity index (χ2v) is 3.39. The Morgan fingerprint density at radius 3 is 2.80 bits per heavy atom. The maximum absolute atomic E-state index is 8.95. The minimum Gasteiger partial charge on any atom is -0.433 e. The fourth-order valence-electron chi connectivity index (χ4n) is 0.841. The quantitative estimate of drug-likeness (QED) is 0.570. The number of nitrogens with one attached hydrogen (secondary N) is 1. The van der Waals surface area contributed by atoms with E-state index < -0.39 is 7.05 Å². The topological polar surface area (TPSA) is 32.3 Å². The Labute approximate surface area is 74.7 Å². The Morgan fingerprint density at radius 1 is 1.70 bits per heavy atom. The van der Waals surface area contributed by atoms with Crippen LogP contribution in [-0.4, -0.2) is 12.1 Å². The van der Waals surface area contributed by atoms with Crippen LogP contribution < -0.4 is 5.23 Å². The third kappa shape index (κ3) is 2.02. The van der Waals surface area contributed by atoms with Crippen molar-refractivity contribution in [2.24, 2.45) is 0 Å². The smallest absolute Gasteiger partial charge is 0.406 e. The maximum atomic E-state index is 8.95. The molecule has 4 heteroatoms. The van der Waals surface area contributed by atoms with E-state index in [0.29, 0.717) is 0 Å². The van der Waals surface area contributed by atoms with E-state index in [4.69, 9.17) is 5.02 Å². The highest BCUT2D eigenvalue weighted by Crippen LogP contribution is 2.22. The van der Waals surface area contributed by atoms with Crippen LogP contribution in [0.4, 0.5) is 0 Å². The molecule has 0 aliphatic heterocycles. The average molecular weight is 249 g/mol. The summed E-state index contributed by atoms with van der Waals surface area (Å²) in [5.41, 5.74) is 1.05. The van der Waals surface area contributed by atoms with E-state index in [1.807, 2.05) is 0 Å². The van der Waals surface area contributed by atoms with Gasteiger partial charge in [0.05, 0.1) is 0 Å². The first-order chi connectivity index (χ1) is 4.70. The van der Waals surface area contributed by atoms with Crippen molar-refractivity contribution in [1.29, 1.82) is 0 Å². The lowest BCUT2D eigenvalue weighted by atomic mass is 9.88. The molecular weight excluding hydrogens is 240 g/mol. The molecule has 0 aromatic heterocycles. The van der Waals surface area contributed by atoms with Gasteiger partial charge in [-0.3, -0.25) is 0 Å². The van der Waals surface area contributed by atoms with Crippen molar-refractivity contribution in [2.45, 2.75) is 13.2 Å². The normalized spacial score (nSPS) is 16.3. The molecule has 0 heterocycles. The Kier molecular flexibility index (Phi) is 2.79. The zero-order chi connectivity index (χ0) is 7.56. The monoisotopic (exact) mass is 249 g/mol. The predicted molar refractivity (Wildman–Crippen MR) is 51.8 cm³/mol. The zero-order valence-electron chi connectivity index (χ0n) is 5.76. The highest BCUT2D eigenvalue weighted by atomic mass is 127. The van der Waals surface area contributed by atoms with Crippen molar-refractivity contribution in [3.63, 3.8) is 0 Å². The lowest BCUT2D eigenvalue weighted by Crippen LogP contribution is -2.29. The Balaban J connectivity index is 2.50. The molecule has 0 bridgehead atoms. The minimum atomic E-state index is -0.456. The molecule has 0 radical (unpaired) electrons. The van der Waals surface area contributed by atoms with Crippen LogP contribution in [0.15, 0.2) is 21.4 Å². The fourth-order valence-corrected chi connectivity index (χ4v) is 1.47. The Bertz CT molecular complexity index is 188. The van der Waals surface area contributed by atoms with Crippen molar-refractivity contribution in [1.82, 2.24) is 5.23 Å². The van der Waals surface area contributed by atoms with Gasteiger partial charge >= 0.3 is 7.05 Å². The van der Waals surface area contributed by atoms with E-state index in [1.165, 1.54) is 3.58 Å². The lowest BCUT2D eigenvalue weighted by Gasteiger charge is -2.06. The van der Waals surface area contributed by atoms with Gasteiger partial charge in [0.15, 0.2) is 0 Å². The zero-order valence-corrected chi connectivity index (χ0v) is 7.92. The highest BCUT2D eigenvalue weighted by Gasteiger charge is 2.10. The van der Waals surface area contributed by atoms with Crippen LogP contribution in [0.1, 0.15) is 6.42 Å². The van der Waals surface area contributed by atoms with Crippen LogP contribution in [0.25, 0.3) is 0 Å². The minimum absolute atomic E-state index is 0.456. The van der Waals surface area contributed by atoms with Crippen LogP contribution in [0.2, 0.25) is 6.82 Å². The Morgan fingerprint density at radius 2 is 2.40 bits per heavy atom. The first kappa shape index (κ1) is 8.13. The molecule has 0 saturated carbocycles. The molecule has 2 N–H and O–H groups in total. The molecule has 1 aliphatic carbocycles. The number of hydrogen-bond donors (Lipinski definition) is 2. The van der Waals surface area contributed by atoms with Gasteiger partial charge < -0.3 is 10.3 Å². The summed E-state index contributed by atoms with van der Waals surface area (Å²) in [5.74, 6) is 0. The molecule has 1 aliphatic rings. The molecule has 54 valence electrons. The van der Waals surface area contributed by atoms with E-state index in [9.17, 15) is 0 Å². The molecule has 0 spiro atoms. The SMILES string of the molecule is CB(O)NC1=CCC=C1I. The largest absolute Gasteiger partial charge is 0.433 e. The summed E-state index contributed by atoms with van der Waals surface area (Å²) in [4.78, 5) is 0. The molecule has 0 saturated heterocycles. The van der Waals surface area contributed by atoms with Crippen LogP contribution in [-0.2, 0) is 0 Å². The van der Waals surface area contributed by atoms with Crippen molar-refractivity contribution >= 4 is 29.6 Å². The third-order valence-corrected chi connectivity index (χ3v) is 2.26. The second-order valence-electron chi connectivity index (χ2n) is 2.23. The number of allylic oxidation sites excluding steroid dienone is 3. The summed E-state index contributed by atoms with van der Waals surface area (Å²) in [6.07, 6.45) is 5.16. The third-order valence-electron chi connectivity index (χ3n) is 1.24. The number of halogens is 1.